The van der Waals surface area contributed by atoms with Crippen molar-refractivity contribution in [2.24, 2.45) is 5.73 Å². The summed E-state index contributed by atoms with van der Waals surface area (Å²) in [5.74, 6) is 1.74. The lowest BCUT2D eigenvalue weighted by Crippen LogP contribution is -2.13. The first-order valence-electron chi connectivity index (χ1n) is 6.11. The minimum atomic E-state index is -0.0249. The van der Waals surface area contributed by atoms with E-state index in [0.717, 1.165) is 26.9 Å². The van der Waals surface area contributed by atoms with Crippen molar-refractivity contribution in [1.29, 1.82) is 5.41 Å². The number of para-hydroxylation sites is 1. The molecule has 1 unspecified atom stereocenters. The number of ether oxygens (including phenoxy) is 1. The fraction of sp³-hybridized carbons (Fsp3) is 0.133. The first-order valence-corrected chi connectivity index (χ1v) is 6.93. The highest BCUT2D eigenvalue weighted by atomic mass is 32.2. The van der Waals surface area contributed by atoms with Crippen molar-refractivity contribution >= 4 is 18.0 Å². The Balaban J connectivity index is 1.98. The Hall–Kier alpha value is -1.78. The average Bonchev–Trinajstić information content (AvgIpc) is 2.46. The molecule has 0 fully saturated rings. The van der Waals surface area contributed by atoms with E-state index in [9.17, 15) is 0 Å². The molecule has 19 heavy (non-hydrogen) atoms. The molecular weight excluding hydrogens is 256 g/mol. The maximum atomic E-state index is 7.41. The van der Waals surface area contributed by atoms with Gasteiger partial charge >= 0.3 is 0 Å². The van der Waals surface area contributed by atoms with Gasteiger partial charge in [0.15, 0.2) is 0 Å². The van der Waals surface area contributed by atoms with Crippen LogP contribution in [0.5, 0.6) is 11.5 Å². The van der Waals surface area contributed by atoms with Gasteiger partial charge in [-0.05, 0) is 29.8 Å². The van der Waals surface area contributed by atoms with Gasteiger partial charge in [0.2, 0.25) is 0 Å². The van der Waals surface area contributed by atoms with Crippen molar-refractivity contribution in [2.45, 2.75) is 15.7 Å². The SMILES string of the molecule is N=CC(CN)c1ccc2c(c1)Sc1ccccc1O2. The van der Waals surface area contributed by atoms with Gasteiger partial charge in [-0.15, -0.1) is 0 Å². The summed E-state index contributed by atoms with van der Waals surface area (Å²) in [6, 6.07) is 14.0. The lowest BCUT2D eigenvalue weighted by molar-refractivity contribution is 0.454. The predicted octanol–water partition coefficient (Wildman–Crippen LogP) is 3.64. The van der Waals surface area contributed by atoms with Gasteiger partial charge in [-0.25, -0.2) is 0 Å². The van der Waals surface area contributed by atoms with Crippen LogP contribution in [0.2, 0.25) is 0 Å². The Morgan fingerprint density at radius 2 is 1.95 bits per heavy atom. The van der Waals surface area contributed by atoms with Crippen LogP contribution in [-0.4, -0.2) is 12.8 Å². The molecule has 2 aromatic rings. The van der Waals surface area contributed by atoms with Crippen LogP contribution in [0.1, 0.15) is 11.5 Å². The summed E-state index contributed by atoms with van der Waals surface area (Å²) in [6.45, 7) is 0.449. The Kier molecular flexibility index (Phi) is 3.27. The van der Waals surface area contributed by atoms with E-state index in [1.165, 1.54) is 6.21 Å². The van der Waals surface area contributed by atoms with Gasteiger partial charge in [0, 0.05) is 18.7 Å². The van der Waals surface area contributed by atoms with Crippen LogP contribution in [-0.2, 0) is 0 Å². The van der Waals surface area contributed by atoms with E-state index < -0.39 is 0 Å². The third-order valence-electron chi connectivity index (χ3n) is 3.14. The Labute approximate surface area is 116 Å². The number of nitrogens with two attached hydrogens (primary N) is 1. The van der Waals surface area contributed by atoms with Gasteiger partial charge in [-0.3, -0.25) is 0 Å². The number of hydrogen-bond acceptors (Lipinski definition) is 4. The number of rotatable bonds is 3. The molecule has 1 heterocycles. The van der Waals surface area contributed by atoms with Gasteiger partial charge in [0.05, 0.1) is 9.79 Å². The highest BCUT2D eigenvalue weighted by Crippen LogP contribution is 2.47. The lowest BCUT2D eigenvalue weighted by Gasteiger charge is -2.21. The smallest absolute Gasteiger partial charge is 0.141 e. The highest BCUT2D eigenvalue weighted by Gasteiger charge is 2.18. The maximum Gasteiger partial charge on any atom is 0.141 e. The summed E-state index contributed by atoms with van der Waals surface area (Å²) in [4.78, 5) is 2.20. The molecule has 0 aromatic heterocycles. The van der Waals surface area contributed by atoms with Gasteiger partial charge < -0.3 is 15.9 Å². The topological polar surface area (TPSA) is 59.1 Å². The zero-order valence-corrected chi connectivity index (χ0v) is 11.1. The molecule has 0 saturated carbocycles. The first-order chi connectivity index (χ1) is 9.31. The monoisotopic (exact) mass is 270 g/mol. The fourth-order valence-electron chi connectivity index (χ4n) is 2.08. The van der Waals surface area contributed by atoms with E-state index in [1.54, 1.807) is 11.8 Å². The second kappa shape index (κ2) is 5.07. The Morgan fingerprint density at radius 1 is 1.16 bits per heavy atom. The zero-order chi connectivity index (χ0) is 13.2. The van der Waals surface area contributed by atoms with Crippen LogP contribution in [0.3, 0.4) is 0 Å². The standard InChI is InChI=1S/C15H14N2OS/c16-8-11(9-17)10-5-6-13-15(7-10)19-14-4-2-1-3-12(14)18-13/h1-8,11,16H,9,17H2. The third kappa shape index (κ3) is 2.25. The molecule has 0 spiro atoms. The Bertz CT molecular complexity index is 627. The Morgan fingerprint density at radius 3 is 2.74 bits per heavy atom. The van der Waals surface area contributed by atoms with Crippen molar-refractivity contribution in [2.75, 3.05) is 6.54 Å². The van der Waals surface area contributed by atoms with Crippen LogP contribution in [0.4, 0.5) is 0 Å². The molecule has 1 atom stereocenters. The second-order valence-corrected chi connectivity index (χ2v) is 5.45. The molecule has 0 radical (unpaired) electrons. The van der Waals surface area contributed by atoms with Gasteiger partial charge in [-0.2, -0.15) is 0 Å². The predicted molar refractivity (Wildman–Crippen MR) is 77.7 cm³/mol. The van der Waals surface area contributed by atoms with Crippen LogP contribution in [0.15, 0.2) is 52.3 Å². The summed E-state index contributed by atoms with van der Waals surface area (Å²) >= 11 is 1.69. The molecule has 0 amide bonds. The summed E-state index contributed by atoms with van der Waals surface area (Å²) in [6.07, 6.45) is 1.39. The normalized spacial score (nSPS) is 13.9. The molecule has 0 bridgehead atoms. The molecule has 4 heteroatoms. The summed E-state index contributed by atoms with van der Waals surface area (Å²) in [5.41, 5.74) is 6.74. The number of hydrogen-bond donors (Lipinski definition) is 2. The molecule has 0 saturated heterocycles. The van der Waals surface area contributed by atoms with Crippen molar-refractivity contribution in [1.82, 2.24) is 0 Å². The molecule has 2 aromatic carbocycles. The molecule has 3 nitrogen and oxygen atoms in total. The minimum Gasteiger partial charge on any atom is -0.455 e. The molecular formula is C15H14N2OS. The van der Waals surface area contributed by atoms with E-state index in [0.29, 0.717) is 6.54 Å². The van der Waals surface area contributed by atoms with E-state index >= 15 is 0 Å². The minimum absolute atomic E-state index is 0.0249. The molecule has 0 aliphatic carbocycles. The van der Waals surface area contributed by atoms with E-state index in [2.05, 4.69) is 6.07 Å². The van der Waals surface area contributed by atoms with Crippen molar-refractivity contribution in [3.63, 3.8) is 0 Å². The largest absolute Gasteiger partial charge is 0.455 e. The average molecular weight is 270 g/mol. The second-order valence-electron chi connectivity index (χ2n) is 4.37. The number of nitrogens with one attached hydrogen (secondary N) is 1. The van der Waals surface area contributed by atoms with Gasteiger partial charge in [0.1, 0.15) is 11.5 Å². The van der Waals surface area contributed by atoms with Crippen LogP contribution in [0, 0.1) is 5.41 Å². The lowest BCUT2D eigenvalue weighted by atomic mass is 10.0. The van der Waals surface area contributed by atoms with Crippen molar-refractivity contribution < 1.29 is 4.74 Å². The summed E-state index contributed by atoms with van der Waals surface area (Å²) in [5, 5.41) is 7.41. The highest BCUT2D eigenvalue weighted by molar-refractivity contribution is 7.99. The van der Waals surface area contributed by atoms with Gasteiger partial charge in [0.25, 0.3) is 0 Å². The maximum absolute atomic E-state index is 7.41. The first kappa shape index (κ1) is 12.3. The van der Waals surface area contributed by atoms with E-state index in [-0.39, 0.29) is 5.92 Å². The summed E-state index contributed by atoms with van der Waals surface area (Å²) in [7, 11) is 0. The number of benzene rings is 2. The molecule has 1 aliphatic heterocycles. The van der Waals surface area contributed by atoms with Crippen LogP contribution in [0.25, 0.3) is 0 Å². The third-order valence-corrected chi connectivity index (χ3v) is 4.24. The fourth-order valence-corrected chi connectivity index (χ4v) is 3.07. The van der Waals surface area contributed by atoms with E-state index in [4.69, 9.17) is 15.9 Å². The number of fused-ring (bicyclic) bond motifs is 2. The summed E-state index contributed by atoms with van der Waals surface area (Å²) < 4.78 is 5.87. The molecule has 1 aliphatic rings. The van der Waals surface area contributed by atoms with E-state index in [1.807, 2.05) is 36.4 Å². The molecule has 3 N–H and O–H groups in total. The van der Waals surface area contributed by atoms with Gasteiger partial charge in [-0.1, -0.05) is 30.0 Å². The quantitative estimate of drug-likeness (QED) is 0.714. The molecule has 3 rings (SSSR count). The van der Waals surface area contributed by atoms with Crippen LogP contribution >= 0.6 is 11.8 Å². The van der Waals surface area contributed by atoms with Crippen LogP contribution < -0.4 is 10.5 Å². The molecule has 96 valence electrons. The van der Waals surface area contributed by atoms with Crippen molar-refractivity contribution in [3.8, 4) is 11.5 Å². The zero-order valence-electron chi connectivity index (χ0n) is 10.3. The van der Waals surface area contributed by atoms with Crippen molar-refractivity contribution in [3.05, 3.63) is 48.0 Å².